The molecule has 2 aromatic rings. The van der Waals surface area contributed by atoms with Crippen molar-refractivity contribution >= 4 is 29.4 Å². The number of carbonyl (C=O) groups is 1. The van der Waals surface area contributed by atoms with Gasteiger partial charge in [-0.05, 0) is 18.2 Å². The molecular formula is C13H14N4O3S. The highest BCUT2D eigenvalue weighted by Crippen LogP contribution is 2.17. The average molecular weight is 306 g/mol. The van der Waals surface area contributed by atoms with Crippen LogP contribution in [0.2, 0.25) is 0 Å². The van der Waals surface area contributed by atoms with Gasteiger partial charge in [0.1, 0.15) is 17.4 Å². The number of benzene rings is 1. The Bertz CT molecular complexity index is 631. The zero-order chi connectivity index (χ0) is 15.2. The van der Waals surface area contributed by atoms with Crippen molar-refractivity contribution in [1.29, 1.82) is 0 Å². The van der Waals surface area contributed by atoms with Crippen molar-refractivity contribution in [3.8, 4) is 5.75 Å². The number of nitrogens with two attached hydrogens (primary N) is 2. The summed E-state index contributed by atoms with van der Waals surface area (Å²) >= 11 is 1.35. The Labute approximate surface area is 125 Å². The maximum absolute atomic E-state index is 10.8. The second-order valence-corrected chi connectivity index (χ2v) is 5.09. The molecule has 1 aromatic carbocycles. The van der Waals surface area contributed by atoms with E-state index in [2.05, 4.69) is 9.97 Å². The number of thioether (sulfide) groups is 1. The van der Waals surface area contributed by atoms with Gasteiger partial charge in [-0.25, -0.2) is 14.8 Å². The van der Waals surface area contributed by atoms with E-state index in [4.69, 9.17) is 21.3 Å². The normalized spacial score (nSPS) is 10.3. The minimum absolute atomic E-state index is 0.187. The lowest BCUT2D eigenvalue weighted by Gasteiger charge is -2.06. The van der Waals surface area contributed by atoms with Gasteiger partial charge < -0.3 is 21.3 Å². The summed E-state index contributed by atoms with van der Waals surface area (Å²) in [6, 6.07) is 7.80. The molecule has 21 heavy (non-hydrogen) atoms. The van der Waals surface area contributed by atoms with Crippen molar-refractivity contribution in [2.75, 3.05) is 23.8 Å². The first-order valence-electron chi connectivity index (χ1n) is 6.03. The van der Waals surface area contributed by atoms with Crippen molar-refractivity contribution in [2.45, 2.75) is 5.16 Å². The Morgan fingerprint density at radius 2 is 1.95 bits per heavy atom. The van der Waals surface area contributed by atoms with E-state index in [9.17, 15) is 4.79 Å². The summed E-state index contributed by atoms with van der Waals surface area (Å²) < 4.78 is 5.48. The number of hydrogen-bond donors (Lipinski definition) is 3. The smallest absolute Gasteiger partial charge is 0.335 e. The molecule has 0 saturated heterocycles. The van der Waals surface area contributed by atoms with E-state index in [0.717, 1.165) is 0 Å². The maximum atomic E-state index is 10.8. The lowest BCUT2D eigenvalue weighted by molar-refractivity contribution is 0.0696. The summed E-state index contributed by atoms with van der Waals surface area (Å²) in [5, 5.41) is 9.36. The monoisotopic (exact) mass is 306 g/mol. The van der Waals surface area contributed by atoms with Crippen molar-refractivity contribution in [2.24, 2.45) is 0 Å². The average Bonchev–Trinajstić information content (AvgIpc) is 2.43. The van der Waals surface area contributed by atoms with Crippen LogP contribution in [-0.2, 0) is 0 Å². The van der Waals surface area contributed by atoms with E-state index in [-0.39, 0.29) is 5.56 Å². The predicted molar refractivity (Wildman–Crippen MR) is 80.5 cm³/mol. The highest BCUT2D eigenvalue weighted by atomic mass is 32.2. The number of carboxylic acids is 1. The van der Waals surface area contributed by atoms with Gasteiger partial charge in [0.15, 0.2) is 5.16 Å². The molecule has 0 unspecified atom stereocenters. The molecule has 2 rings (SSSR count). The number of ether oxygens (including phenoxy) is 1. The summed E-state index contributed by atoms with van der Waals surface area (Å²) in [6.45, 7) is 0.381. The number of hydrogen-bond acceptors (Lipinski definition) is 7. The molecule has 8 heteroatoms. The van der Waals surface area contributed by atoms with Crippen molar-refractivity contribution < 1.29 is 14.6 Å². The fourth-order valence-electron chi connectivity index (χ4n) is 1.54. The summed E-state index contributed by atoms with van der Waals surface area (Å²) in [6.07, 6.45) is 0. The third-order valence-electron chi connectivity index (χ3n) is 2.41. The molecule has 7 nitrogen and oxygen atoms in total. The summed E-state index contributed by atoms with van der Waals surface area (Å²) in [7, 11) is 0. The van der Waals surface area contributed by atoms with E-state index in [1.54, 1.807) is 12.1 Å². The zero-order valence-corrected chi connectivity index (χ0v) is 11.8. The third kappa shape index (κ3) is 4.53. The Kier molecular flexibility index (Phi) is 4.83. The number of carboxylic acid groups (broad SMARTS) is 1. The van der Waals surface area contributed by atoms with Crippen LogP contribution in [0.15, 0.2) is 35.5 Å². The molecule has 0 aliphatic rings. The molecule has 110 valence electrons. The van der Waals surface area contributed by atoms with Crippen LogP contribution in [0.1, 0.15) is 10.4 Å². The van der Waals surface area contributed by atoms with Gasteiger partial charge in [0.25, 0.3) is 0 Å². The Balaban J connectivity index is 1.84. The molecule has 0 fully saturated rings. The fourth-order valence-corrected chi connectivity index (χ4v) is 2.23. The van der Waals surface area contributed by atoms with Gasteiger partial charge in [0.2, 0.25) is 0 Å². The van der Waals surface area contributed by atoms with E-state index in [1.807, 2.05) is 0 Å². The third-order valence-corrected chi connectivity index (χ3v) is 3.22. The van der Waals surface area contributed by atoms with Crippen molar-refractivity contribution in [3.05, 3.63) is 35.9 Å². The first-order valence-corrected chi connectivity index (χ1v) is 7.02. The van der Waals surface area contributed by atoms with Crippen LogP contribution in [-0.4, -0.2) is 33.4 Å². The molecule has 1 aromatic heterocycles. The van der Waals surface area contributed by atoms with Gasteiger partial charge in [-0.3, -0.25) is 0 Å². The first kappa shape index (κ1) is 14.9. The summed E-state index contributed by atoms with van der Waals surface area (Å²) in [5.41, 5.74) is 11.3. The second kappa shape index (κ2) is 6.80. The highest BCUT2D eigenvalue weighted by molar-refractivity contribution is 7.99. The van der Waals surface area contributed by atoms with E-state index in [0.29, 0.717) is 34.9 Å². The van der Waals surface area contributed by atoms with E-state index in [1.165, 1.54) is 30.0 Å². The second-order valence-electron chi connectivity index (χ2n) is 4.03. The van der Waals surface area contributed by atoms with Gasteiger partial charge in [-0.15, -0.1) is 0 Å². The number of anilines is 2. The van der Waals surface area contributed by atoms with Gasteiger partial charge in [0.05, 0.1) is 12.2 Å². The van der Waals surface area contributed by atoms with Gasteiger partial charge in [0, 0.05) is 11.8 Å². The molecular weight excluding hydrogens is 292 g/mol. The zero-order valence-electron chi connectivity index (χ0n) is 11.0. The quantitative estimate of drug-likeness (QED) is 0.417. The van der Waals surface area contributed by atoms with Crippen LogP contribution in [0.25, 0.3) is 0 Å². The standard InChI is InChI=1S/C13H14N4O3S/c14-10-7-11(15)17-13(16-10)21-5-4-20-9-3-1-2-8(6-9)12(18)19/h1-3,6-7H,4-5H2,(H,18,19)(H4,14,15,16,17). The number of rotatable bonds is 6. The lowest BCUT2D eigenvalue weighted by atomic mass is 10.2. The van der Waals surface area contributed by atoms with Crippen LogP contribution in [0.3, 0.4) is 0 Å². The Morgan fingerprint density at radius 1 is 1.24 bits per heavy atom. The molecule has 0 spiro atoms. The molecule has 0 atom stereocenters. The minimum atomic E-state index is -0.988. The van der Waals surface area contributed by atoms with Crippen LogP contribution in [0.5, 0.6) is 5.75 Å². The van der Waals surface area contributed by atoms with Crippen molar-refractivity contribution in [1.82, 2.24) is 9.97 Å². The van der Waals surface area contributed by atoms with Crippen molar-refractivity contribution in [3.63, 3.8) is 0 Å². The first-order chi connectivity index (χ1) is 10.0. The SMILES string of the molecule is Nc1cc(N)nc(SCCOc2cccc(C(=O)O)c2)n1. The molecule has 0 bridgehead atoms. The van der Waals surface area contributed by atoms with Gasteiger partial charge in [-0.1, -0.05) is 17.8 Å². The van der Waals surface area contributed by atoms with E-state index >= 15 is 0 Å². The molecule has 1 heterocycles. The summed E-state index contributed by atoms with van der Waals surface area (Å²) in [4.78, 5) is 18.9. The molecule has 0 aliphatic carbocycles. The van der Waals surface area contributed by atoms with Gasteiger partial charge in [-0.2, -0.15) is 0 Å². The fraction of sp³-hybridized carbons (Fsp3) is 0.154. The van der Waals surface area contributed by atoms with Crippen LogP contribution in [0.4, 0.5) is 11.6 Å². The number of aromatic nitrogens is 2. The Morgan fingerprint density at radius 3 is 2.62 bits per heavy atom. The van der Waals surface area contributed by atoms with Crippen LogP contribution in [0, 0.1) is 0 Å². The predicted octanol–water partition coefficient (Wildman–Crippen LogP) is 1.51. The Hall–Kier alpha value is -2.48. The molecule has 0 radical (unpaired) electrons. The largest absolute Gasteiger partial charge is 0.493 e. The minimum Gasteiger partial charge on any atom is -0.493 e. The highest BCUT2D eigenvalue weighted by Gasteiger charge is 2.05. The summed E-state index contributed by atoms with van der Waals surface area (Å²) in [5.74, 6) is 0.738. The number of aromatic carboxylic acids is 1. The molecule has 0 amide bonds. The lowest BCUT2D eigenvalue weighted by Crippen LogP contribution is -2.04. The molecule has 0 aliphatic heterocycles. The van der Waals surface area contributed by atoms with Gasteiger partial charge >= 0.3 is 5.97 Å². The molecule has 5 N–H and O–H groups in total. The van der Waals surface area contributed by atoms with Crippen LogP contribution < -0.4 is 16.2 Å². The topological polar surface area (TPSA) is 124 Å². The number of nitrogens with zero attached hydrogens (tertiary/aromatic N) is 2. The molecule has 0 saturated carbocycles. The number of nitrogen functional groups attached to an aromatic ring is 2. The maximum Gasteiger partial charge on any atom is 0.335 e. The van der Waals surface area contributed by atoms with Crippen LogP contribution >= 0.6 is 11.8 Å². The van der Waals surface area contributed by atoms with E-state index < -0.39 is 5.97 Å².